The van der Waals surface area contributed by atoms with Gasteiger partial charge in [0, 0.05) is 18.3 Å². The van der Waals surface area contributed by atoms with Crippen LogP contribution in [-0.4, -0.2) is 33.2 Å². The molecule has 0 radical (unpaired) electrons. The number of carbonyl (C=O) groups is 1. The standard InChI is InChI=1S/C16H27N3O/c1-11(2)18(10-13-7-8-13)15(20)14-9-12(3)19(17-14)16(4,5)6/h9,11,13H,7-8,10H2,1-6H3. The van der Waals surface area contributed by atoms with Crippen LogP contribution in [0.4, 0.5) is 0 Å². The molecule has 0 saturated heterocycles. The Hall–Kier alpha value is -1.32. The van der Waals surface area contributed by atoms with Crippen LogP contribution in [0.1, 0.15) is 63.6 Å². The van der Waals surface area contributed by atoms with E-state index in [1.54, 1.807) is 0 Å². The van der Waals surface area contributed by atoms with Gasteiger partial charge in [-0.15, -0.1) is 0 Å². The SMILES string of the molecule is Cc1cc(C(=O)N(CC2CC2)C(C)C)nn1C(C)(C)C. The van der Waals surface area contributed by atoms with Gasteiger partial charge >= 0.3 is 0 Å². The molecule has 0 spiro atoms. The number of aromatic nitrogens is 2. The second-order valence-electron chi connectivity index (χ2n) is 7.25. The van der Waals surface area contributed by atoms with E-state index < -0.39 is 0 Å². The van der Waals surface area contributed by atoms with Crippen LogP contribution in [0.25, 0.3) is 0 Å². The Morgan fingerprint density at radius 2 is 2.05 bits per heavy atom. The molecule has 1 aromatic rings. The van der Waals surface area contributed by atoms with Crippen molar-refractivity contribution in [2.45, 2.75) is 66.0 Å². The van der Waals surface area contributed by atoms with Gasteiger partial charge in [-0.2, -0.15) is 5.10 Å². The van der Waals surface area contributed by atoms with Gasteiger partial charge in [0.2, 0.25) is 0 Å². The molecular weight excluding hydrogens is 250 g/mol. The summed E-state index contributed by atoms with van der Waals surface area (Å²) in [5.41, 5.74) is 1.52. The summed E-state index contributed by atoms with van der Waals surface area (Å²) in [6.07, 6.45) is 2.51. The quantitative estimate of drug-likeness (QED) is 0.847. The molecule has 20 heavy (non-hydrogen) atoms. The summed E-state index contributed by atoms with van der Waals surface area (Å²) in [6, 6.07) is 2.14. The fourth-order valence-electron chi connectivity index (χ4n) is 2.51. The predicted octanol–water partition coefficient (Wildman–Crippen LogP) is 3.21. The second-order valence-corrected chi connectivity index (χ2v) is 7.25. The molecule has 0 bridgehead atoms. The molecule has 1 fully saturated rings. The number of hydrogen-bond acceptors (Lipinski definition) is 2. The van der Waals surface area contributed by atoms with E-state index in [0.717, 1.165) is 12.2 Å². The molecule has 0 aliphatic heterocycles. The van der Waals surface area contributed by atoms with E-state index in [4.69, 9.17) is 0 Å². The molecule has 1 aromatic heterocycles. The molecule has 1 heterocycles. The minimum absolute atomic E-state index is 0.0676. The maximum absolute atomic E-state index is 12.7. The molecular formula is C16H27N3O. The zero-order valence-electron chi connectivity index (χ0n) is 13.6. The highest BCUT2D eigenvalue weighted by atomic mass is 16.2. The average molecular weight is 277 g/mol. The van der Waals surface area contributed by atoms with Crippen LogP contribution >= 0.6 is 0 Å². The summed E-state index contributed by atoms with van der Waals surface area (Å²) >= 11 is 0. The van der Waals surface area contributed by atoms with Crippen molar-refractivity contribution in [3.05, 3.63) is 17.5 Å². The van der Waals surface area contributed by atoms with Crippen LogP contribution in [0.5, 0.6) is 0 Å². The molecule has 1 amide bonds. The van der Waals surface area contributed by atoms with Crippen molar-refractivity contribution in [2.24, 2.45) is 5.92 Å². The molecule has 1 saturated carbocycles. The van der Waals surface area contributed by atoms with Crippen LogP contribution in [0, 0.1) is 12.8 Å². The maximum atomic E-state index is 12.7. The van der Waals surface area contributed by atoms with E-state index in [0.29, 0.717) is 11.6 Å². The van der Waals surface area contributed by atoms with E-state index in [-0.39, 0.29) is 17.5 Å². The third kappa shape index (κ3) is 3.22. The monoisotopic (exact) mass is 277 g/mol. The predicted molar refractivity (Wildman–Crippen MR) is 80.9 cm³/mol. The number of nitrogens with zero attached hydrogens (tertiary/aromatic N) is 3. The zero-order valence-corrected chi connectivity index (χ0v) is 13.6. The minimum atomic E-state index is -0.0955. The number of rotatable bonds is 4. The Kier molecular flexibility index (Phi) is 3.94. The van der Waals surface area contributed by atoms with Crippen molar-refractivity contribution < 1.29 is 4.79 Å². The molecule has 1 aliphatic rings. The number of aryl methyl sites for hydroxylation is 1. The van der Waals surface area contributed by atoms with Gasteiger partial charge in [-0.1, -0.05) is 0 Å². The first-order chi connectivity index (χ1) is 9.20. The van der Waals surface area contributed by atoms with Crippen molar-refractivity contribution in [1.29, 1.82) is 0 Å². The van der Waals surface area contributed by atoms with Crippen LogP contribution in [0.3, 0.4) is 0 Å². The number of amides is 1. The summed E-state index contributed by atoms with van der Waals surface area (Å²) in [6.45, 7) is 13.3. The maximum Gasteiger partial charge on any atom is 0.274 e. The molecule has 4 heteroatoms. The first kappa shape index (κ1) is 15.1. The van der Waals surface area contributed by atoms with Gasteiger partial charge in [0.1, 0.15) is 0 Å². The number of carbonyl (C=O) groups excluding carboxylic acids is 1. The number of hydrogen-bond donors (Lipinski definition) is 0. The molecule has 2 rings (SSSR count). The Morgan fingerprint density at radius 1 is 1.45 bits per heavy atom. The lowest BCUT2D eigenvalue weighted by Crippen LogP contribution is -2.39. The highest BCUT2D eigenvalue weighted by Gasteiger charge is 2.30. The third-order valence-electron chi connectivity index (χ3n) is 3.78. The van der Waals surface area contributed by atoms with Gasteiger partial charge in [-0.3, -0.25) is 9.48 Å². The van der Waals surface area contributed by atoms with E-state index in [2.05, 4.69) is 39.7 Å². The minimum Gasteiger partial charge on any atom is -0.335 e. The lowest BCUT2D eigenvalue weighted by molar-refractivity contribution is 0.0688. The van der Waals surface area contributed by atoms with Crippen LogP contribution < -0.4 is 0 Å². The van der Waals surface area contributed by atoms with Gasteiger partial charge in [0.25, 0.3) is 5.91 Å². The molecule has 0 unspecified atom stereocenters. The van der Waals surface area contributed by atoms with Gasteiger partial charge in [-0.25, -0.2) is 0 Å². The summed E-state index contributed by atoms with van der Waals surface area (Å²) in [7, 11) is 0. The lowest BCUT2D eigenvalue weighted by atomic mass is 10.1. The lowest BCUT2D eigenvalue weighted by Gasteiger charge is -2.26. The largest absolute Gasteiger partial charge is 0.335 e. The smallest absolute Gasteiger partial charge is 0.274 e. The van der Waals surface area contributed by atoms with Crippen molar-refractivity contribution in [3.8, 4) is 0 Å². The van der Waals surface area contributed by atoms with Crippen molar-refractivity contribution in [3.63, 3.8) is 0 Å². The average Bonchev–Trinajstić information content (AvgIpc) is 3.04. The topological polar surface area (TPSA) is 38.1 Å². The second kappa shape index (κ2) is 5.23. The van der Waals surface area contributed by atoms with E-state index in [9.17, 15) is 4.79 Å². The molecule has 4 nitrogen and oxygen atoms in total. The van der Waals surface area contributed by atoms with E-state index in [1.165, 1.54) is 12.8 Å². The highest BCUT2D eigenvalue weighted by molar-refractivity contribution is 5.92. The summed E-state index contributed by atoms with van der Waals surface area (Å²) < 4.78 is 1.94. The summed E-state index contributed by atoms with van der Waals surface area (Å²) in [5.74, 6) is 0.769. The first-order valence-corrected chi connectivity index (χ1v) is 7.58. The fourth-order valence-corrected chi connectivity index (χ4v) is 2.51. The summed E-state index contributed by atoms with van der Waals surface area (Å²) in [4.78, 5) is 14.7. The zero-order chi connectivity index (χ0) is 15.1. The molecule has 112 valence electrons. The van der Waals surface area contributed by atoms with Gasteiger partial charge in [0.15, 0.2) is 5.69 Å². The van der Waals surface area contributed by atoms with Crippen molar-refractivity contribution in [2.75, 3.05) is 6.54 Å². The highest BCUT2D eigenvalue weighted by Crippen LogP contribution is 2.31. The fraction of sp³-hybridized carbons (Fsp3) is 0.750. The van der Waals surface area contributed by atoms with E-state index in [1.807, 2.05) is 22.6 Å². The van der Waals surface area contributed by atoms with Gasteiger partial charge < -0.3 is 4.90 Å². The Morgan fingerprint density at radius 3 is 2.45 bits per heavy atom. The third-order valence-corrected chi connectivity index (χ3v) is 3.78. The van der Waals surface area contributed by atoms with Crippen molar-refractivity contribution in [1.82, 2.24) is 14.7 Å². The van der Waals surface area contributed by atoms with Crippen molar-refractivity contribution >= 4 is 5.91 Å². The van der Waals surface area contributed by atoms with E-state index >= 15 is 0 Å². The molecule has 0 aromatic carbocycles. The molecule has 1 aliphatic carbocycles. The van der Waals surface area contributed by atoms with Crippen LogP contribution in [0.15, 0.2) is 6.07 Å². The normalized spacial score (nSPS) is 15.8. The van der Waals surface area contributed by atoms with Crippen LogP contribution in [-0.2, 0) is 5.54 Å². The Balaban J connectivity index is 2.22. The van der Waals surface area contributed by atoms with Crippen LogP contribution in [0.2, 0.25) is 0 Å². The van der Waals surface area contributed by atoms with Gasteiger partial charge in [-0.05, 0) is 66.4 Å². The first-order valence-electron chi connectivity index (χ1n) is 7.58. The van der Waals surface area contributed by atoms with Gasteiger partial charge in [0.05, 0.1) is 5.54 Å². The molecule has 0 N–H and O–H groups in total. The summed E-state index contributed by atoms with van der Waals surface area (Å²) in [5, 5.41) is 4.54. The molecule has 0 atom stereocenters. The Bertz CT molecular complexity index is 492. The Labute approximate surface area is 122 Å².